The van der Waals surface area contributed by atoms with Gasteiger partial charge in [0.2, 0.25) is 15.9 Å². The predicted octanol–water partition coefficient (Wildman–Crippen LogP) is 1.14. The molecule has 0 aliphatic rings. The van der Waals surface area contributed by atoms with Crippen molar-refractivity contribution in [2.45, 2.75) is 20.3 Å². The zero-order valence-electron chi connectivity index (χ0n) is 14.6. The first-order valence-corrected chi connectivity index (χ1v) is 9.42. The van der Waals surface area contributed by atoms with Gasteiger partial charge in [0.1, 0.15) is 6.54 Å². The molecule has 0 aliphatic heterocycles. The van der Waals surface area contributed by atoms with Crippen LogP contribution >= 0.6 is 0 Å². The minimum atomic E-state index is -3.53. The molecule has 1 aromatic rings. The van der Waals surface area contributed by atoms with Crippen LogP contribution in [0.2, 0.25) is 0 Å². The molecule has 1 rings (SSSR count). The van der Waals surface area contributed by atoms with E-state index in [2.05, 4.69) is 5.32 Å². The van der Waals surface area contributed by atoms with Crippen LogP contribution in [0.5, 0.6) is 0 Å². The number of carbonyl (C=O) groups excluding carboxylic acids is 1. The van der Waals surface area contributed by atoms with E-state index in [0.29, 0.717) is 12.2 Å². The van der Waals surface area contributed by atoms with Crippen molar-refractivity contribution in [3.8, 4) is 0 Å². The van der Waals surface area contributed by atoms with E-state index in [-0.39, 0.29) is 12.5 Å². The van der Waals surface area contributed by atoms with Gasteiger partial charge >= 0.3 is 0 Å². The average molecular weight is 341 g/mol. The number of rotatable bonds is 8. The van der Waals surface area contributed by atoms with E-state index in [1.807, 2.05) is 38.9 Å². The normalized spacial score (nSPS) is 11.6. The zero-order valence-corrected chi connectivity index (χ0v) is 15.4. The maximum Gasteiger partial charge on any atom is 0.240 e. The van der Waals surface area contributed by atoms with Crippen LogP contribution in [-0.4, -0.2) is 59.2 Å². The Balaban J connectivity index is 2.78. The lowest BCUT2D eigenvalue weighted by atomic mass is 10.1. The van der Waals surface area contributed by atoms with Crippen LogP contribution in [0.4, 0.5) is 5.69 Å². The van der Waals surface area contributed by atoms with Crippen molar-refractivity contribution in [3.63, 3.8) is 0 Å². The average Bonchev–Trinajstić information content (AvgIpc) is 2.38. The Morgan fingerprint density at radius 1 is 1.13 bits per heavy atom. The van der Waals surface area contributed by atoms with Gasteiger partial charge in [0, 0.05) is 6.54 Å². The van der Waals surface area contributed by atoms with Crippen molar-refractivity contribution in [2.75, 3.05) is 44.3 Å². The molecule has 0 radical (unpaired) electrons. The van der Waals surface area contributed by atoms with Gasteiger partial charge in [-0.3, -0.25) is 9.10 Å². The van der Waals surface area contributed by atoms with Crippen LogP contribution in [0.15, 0.2) is 18.2 Å². The number of amides is 1. The molecule has 0 atom stereocenters. The molecular weight excluding hydrogens is 314 g/mol. The first-order chi connectivity index (χ1) is 10.6. The predicted molar refractivity (Wildman–Crippen MR) is 94.3 cm³/mol. The molecule has 0 heterocycles. The van der Waals surface area contributed by atoms with Gasteiger partial charge in [-0.15, -0.1) is 0 Å². The molecule has 6 nitrogen and oxygen atoms in total. The quantitative estimate of drug-likeness (QED) is 0.720. The highest BCUT2D eigenvalue weighted by molar-refractivity contribution is 7.92. The number of nitrogens with one attached hydrogen (secondary N) is 1. The molecule has 0 aromatic heterocycles. The summed E-state index contributed by atoms with van der Waals surface area (Å²) >= 11 is 0. The van der Waals surface area contributed by atoms with E-state index in [1.54, 1.807) is 12.1 Å². The molecule has 1 N–H and O–H groups in total. The second-order valence-electron chi connectivity index (χ2n) is 6.12. The number of anilines is 1. The molecule has 130 valence electrons. The van der Waals surface area contributed by atoms with Gasteiger partial charge in [0.25, 0.3) is 0 Å². The molecule has 0 unspecified atom stereocenters. The molecule has 7 heteroatoms. The third-order valence-corrected chi connectivity index (χ3v) is 4.43. The molecule has 1 amide bonds. The van der Waals surface area contributed by atoms with E-state index in [0.717, 1.165) is 34.7 Å². The number of hydrogen-bond donors (Lipinski definition) is 1. The van der Waals surface area contributed by atoms with Gasteiger partial charge < -0.3 is 10.2 Å². The lowest BCUT2D eigenvalue weighted by molar-refractivity contribution is -0.119. The number of carbonyl (C=O) groups is 1. The topological polar surface area (TPSA) is 69.7 Å². The van der Waals surface area contributed by atoms with Crippen LogP contribution in [0.1, 0.15) is 17.5 Å². The van der Waals surface area contributed by atoms with Crippen LogP contribution in [0, 0.1) is 13.8 Å². The van der Waals surface area contributed by atoms with E-state index in [1.165, 1.54) is 0 Å². The second kappa shape index (κ2) is 8.31. The lowest BCUT2D eigenvalue weighted by Gasteiger charge is -2.23. The van der Waals surface area contributed by atoms with E-state index < -0.39 is 10.0 Å². The van der Waals surface area contributed by atoms with Gasteiger partial charge in [0.15, 0.2) is 0 Å². The molecule has 0 spiro atoms. The summed E-state index contributed by atoms with van der Waals surface area (Å²) in [5.74, 6) is -0.298. The van der Waals surface area contributed by atoms with Crippen LogP contribution in [-0.2, 0) is 14.8 Å². The van der Waals surface area contributed by atoms with Gasteiger partial charge in [-0.2, -0.15) is 0 Å². The van der Waals surface area contributed by atoms with Gasteiger partial charge in [-0.1, -0.05) is 6.07 Å². The van der Waals surface area contributed by atoms with Gasteiger partial charge in [-0.05, 0) is 64.2 Å². The minimum absolute atomic E-state index is 0.205. The summed E-state index contributed by atoms with van der Waals surface area (Å²) in [5, 5.41) is 2.77. The molecule has 0 saturated carbocycles. The highest BCUT2D eigenvalue weighted by Gasteiger charge is 2.21. The largest absolute Gasteiger partial charge is 0.354 e. The summed E-state index contributed by atoms with van der Waals surface area (Å²) in [5.41, 5.74) is 2.44. The smallest absolute Gasteiger partial charge is 0.240 e. The summed E-state index contributed by atoms with van der Waals surface area (Å²) < 4.78 is 25.2. The number of aryl methyl sites for hydroxylation is 2. The Bertz CT molecular complexity index is 622. The summed E-state index contributed by atoms with van der Waals surface area (Å²) in [6, 6.07) is 5.51. The fourth-order valence-electron chi connectivity index (χ4n) is 2.30. The van der Waals surface area contributed by atoms with Crippen molar-refractivity contribution < 1.29 is 13.2 Å². The molecule has 0 aliphatic carbocycles. The molecular formula is C16H27N3O3S. The number of benzene rings is 1. The van der Waals surface area contributed by atoms with Crippen LogP contribution in [0.25, 0.3) is 0 Å². The summed E-state index contributed by atoms with van der Waals surface area (Å²) in [6.07, 6.45) is 1.94. The van der Waals surface area contributed by atoms with E-state index in [4.69, 9.17) is 0 Å². The van der Waals surface area contributed by atoms with Gasteiger partial charge in [0.05, 0.1) is 11.9 Å². The molecule has 0 saturated heterocycles. The Morgan fingerprint density at radius 2 is 1.70 bits per heavy atom. The number of sulfonamides is 1. The van der Waals surface area contributed by atoms with Crippen molar-refractivity contribution in [2.24, 2.45) is 0 Å². The summed E-state index contributed by atoms with van der Waals surface area (Å²) in [7, 11) is 0.405. The molecule has 0 fully saturated rings. The lowest BCUT2D eigenvalue weighted by Crippen LogP contribution is -2.41. The highest BCUT2D eigenvalue weighted by Crippen LogP contribution is 2.21. The first-order valence-electron chi connectivity index (χ1n) is 7.57. The zero-order chi connectivity index (χ0) is 17.6. The third-order valence-electron chi connectivity index (χ3n) is 3.29. The molecule has 0 bridgehead atoms. The summed E-state index contributed by atoms with van der Waals surface area (Å²) in [6.45, 7) is 4.99. The first kappa shape index (κ1) is 19.4. The summed E-state index contributed by atoms with van der Waals surface area (Å²) in [4.78, 5) is 14.1. The van der Waals surface area contributed by atoms with E-state index >= 15 is 0 Å². The molecule has 23 heavy (non-hydrogen) atoms. The highest BCUT2D eigenvalue weighted by atomic mass is 32.2. The SMILES string of the molecule is Cc1cc(C)cc(N(CC(=O)NCCCN(C)C)S(C)(=O)=O)c1. The monoisotopic (exact) mass is 341 g/mol. The van der Waals surface area contributed by atoms with Crippen molar-refractivity contribution in [3.05, 3.63) is 29.3 Å². The van der Waals surface area contributed by atoms with Crippen molar-refractivity contribution in [1.29, 1.82) is 0 Å². The Labute approximate surface area is 139 Å². The standard InChI is InChI=1S/C16H27N3O3S/c1-13-9-14(2)11-15(10-13)19(23(5,21)22)12-16(20)17-7-6-8-18(3)4/h9-11H,6-8,12H2,1-5H3,(H,17,20). The van der Waals surface area contributed by atoms with Crippen LogP contribution in [0.3, 0.4) is 0 Å². The van der Waals surface area contributed by atoms with Crippen LogP contribution < -0.4 is 9.62 Å². The maximum atomic E-state index is 12.1. The Morgan fingerprint density at radius 3 is 2.17 bits per heavy atom. The van der Waals surface area contributed by atoms with Crippen molar-refractivity contribution in [1.82, 2.24) is 10.2 Å². The number of nitrogens with zero attached hydrogens (tertiary/aromatic N) is 2. The number of hydrogen-bond acceptors (Lipinski definition) is 4. The fraction of sp³-hybridized carbons (Fsp3) is 0.562. The van der Waals surface area contributed by atoms with Gasteiger partial charge in [-0.25, -0.2) is 8.42 Å². The minimum Gasteiger partial charge on any atom is -0.354 e. The van der Waals surface area contributed by atoms with Crippen molar-refractivity contribution >= 4 is 21.6 Å². The Kier molecular flexibility index (Phi) is 7.02. The van der Waals surface area contributed by atoms with E-state index in [9.17, 15) is 13.2 Å². The second-order valence-corrected chi connectivity index (χ2v) is 8.03. The molecule has 1 aromatic carbocycles. The maximum absolute atomic E-state index is 12.1. The fourth-order valence-corrected chi connectivity index (χ4v) is 3.14. The Hall–Kier alpha value is -1.60. The third kappa shape index (κ3) is 7.00.